The third-order valence-corrected chi connectivity index (χ3v) is 2.71. The second kappa shape index (κ2) is 6.47. The first-order valence-electron chi connectivity index (χ1n) is 6.41. The Hall–Kier alpha value is -1.45. The Morgan fingerprint density at radius 2 is 2.00 bits per heavy atom. The first-order valence-corrected chi connectivity index (χ1v) is 6.41. The molecule has 3 nitrogen and oxygen atoms in total. The minimum atomic E-state index is 0.507. The zero-order valence-corrected chi connectivity index (χ0v) is 11.0. The van der Waals surface area contributed by atoms with Crippen molar-refractivity contribution in [2.24, 2.45) is 0 Å². The molecule has 0 saturated carbocycles. The molecule has 1 N–H and O–H groups in total. The number of hydrogen-bond acceptors (Lipinski definition) is 3. The molecule has 0 unspecified atom stereocenters. The van der Waals surface area contributed by atoms with Gasteiger partial charge in [0.25, 0.3) is 0 Å². The molecule has 1 aromatic carbocycles. The summed E-state index contributed by atoms with van der Waals surface area (Å²) in [5, 5.41) is 4.49. The van der Waals surface area contributed by atoms with Gasteiger partial charge < -0.3 is 10.1 Å². The van der Waals surface area contributed by atoms with Crippen molar-refractivity contribution in [3.05, 3.63) is 42.1 Å². The molecular formula is C15H20N2O. The van der Waals surface area contributed by atoms with Crippen molar-refractivity contribution in [1.82, 2.24) is 10.3 Å². The molecule has 1 heterocycles. The highest BCUT2D eigenvalue weighted by molar-refractivity contribution is 5.78. The molecule has 2 aromatic rings. The molecule has 0 spiro atoms. The van der Waals surface area contributed by atoms with E-state index in [1.165, 1.54) is 5.39 Å². The summed E-state index contributed by atoms with van der Waals surface area (Å²) in [6.07, 6.45) is 0. The zero-order valence-electron chi connectivity index (χ0n) is 11.0. The number of fused-ring (bicyclic) bond motifs is 1. The number of aromatic nitrogens is 1. The smallest absolute Gasteiger partial charge is 0.0888 e. The van der Waals surface area contributed by atoms with Gasteiger partial charge in [0.1, 0.15) is 0 Å². The molecule has 0 aliphatic carbocycles. The summed E-state index contributed by atoms with van der Waals surface area (Å²) >= 11 is 0. The Bertz CT molecular complexity index is 497. The fraction of sp³-hybridized carbons (Fsp3) is 0.400. The van der Waals surface area contributed by atoms with Crippen molar-refractivity contribution in [1.29, 1.82) is 0 Å². The van der Waals surface area contributed by atoms with Gasteiger partial charge in [0, 0.05) is 18.0 Å². The quantitative estimate of drug-likeness (QED) is 0.793. The average molecular weight is 244 g/mol. The van der Waals surface area contributed by atoms with Crippen molar-refractivity contribution in [2.45, 2.75) is 26.5 Å². The molecule has 0 saturated heterocycles. The third kappa shape index (κ3) is 3.79. The molecule has 0 amide bonds. The van der Waals surface area contributed by atoms with E-state index in [9.17, 15) is 0 Å². The van der Waals surface area contributed by atoms with Crippen LogP contribution in [0.15, 0.2) is 36.4 Å². The molecule has 1 aromatic heterocycles. The number of ether oxygens (including phenoxy) is 1. The minimum absolute atomic E-state index is 0.507. The highest BCUT2D eigenvalue weighted by atomic mass is 16.5. The Kier molecular flexibility index (Phi) is 4.67. The lowest BCUT2D eigenvalue weighted by Gasteiger charge is -2.08. The van der Waals surface area contributed by atoms with E-state index in [1.54, 1.807) is 0 Å². The van der Waals surface area contributed by atoms with Crippen LogP contribution in [0, 0.1) is 0 Å². The van der Waals surface area contributed by atoms with Crippen molar-refractivity contribution in [3.63, 3.8) is 0 Å². The predicted octanol–water partition coefficient (Wildman–Crippen LogP) is 2.75. The van der Waals surface area contributed by atoms with Gasteiger partial charge in [-0.25, -0.2) is 0 Å². The third-order valence-electron chi connectivity index (χ3n) is 2.71. The SMILES string of the molecule is CC(C)NCCOCc1ccc2ccccc2n1. The lowest BCUT2D eigenvalue weighted by Crippen LogP contribution is -2.26. The maximum Gasteiger partial charge on any atom is 0.0888 e. The molecule has 0 aliphatic rings. The van der Waals surface area contributed by atoms with Gasteiger partial charge in [0.15, 0.2) is 0 Å². The van der Waals surface area contributed by atoms with Crippen molar-refractivity contribution in [3.8, 4) is 0 Å². The molecule has 0 radical (unpaired) electrons. The molecule has 96 valence electrons. The Morgan fingerprint density at radius 1 is 1.17 bits per heavy atom. The second-order valence-corrected chi connectivity index (χ2v) is 4.66. The topological polar surface area (TPSA) is 34.1 Å². The maximum atomic E-state index is 5.59. The van der Waals surface area contributed by atoms with E-state index in [0.29, 0.717) is 19.3 Å². The fourth-order valence-electron chi connectivity index (χ4n) is 1.79. The Balaban J connectivity index is 1.84. The predicted molar refractivity (Wildman–Crippen MR) is 74.5 cm³/mol. The second-order valence-electron chi connectivity index (χ2n) is 4.66. The number of rotatable bonds is 6. The van der Waals surface area contributed by atoms with Gasteiger partial charge in [-0.2, -0.15) is 0 Å². The van der Waals surface area contributed by atoms with E-state index in [0.717, 1.165) is 17.8 Å². The van der Waals surface area contributed by atoms with Crippen LogP contribution in [0.5, 0.6) is 0 Å². The molecule has 3 heteroatoms. The molecular weight excluding hydrogens is 224 g/mol. The van der Waals surface area contributed by atoms with E-state index in [-0.39, 0.29) is 0 Å². The summed E-state index contributed by atoms with van der Waals surface area (Å²) in [4.78, 5) is 4.56. The van der Waals surface area contributed by atoms with E-state index in [1.807, 2.05) is 24.3 Å². The van der Waals surface area contributed by atoms with Gasteiger partial charge >= 0.3 is 0 Å². The fourth-order valence-corrected chi connectivity index (χ4v) is 1.79. The van der Waals surface area contributed by atoms with Gasteiger partial charge in [0.05, 0.1) is 24.4 Å². The van der Waals surface area contributed by atoms with E-state index < -0.39 is 0 Å². The summed E-state index contributed by atoms with van der Waals surface area (Å²) in [6.45, 7) is 6.43. The molecule has 0 bridgehead atoms. The largest absolute Gasteiger partial charge is 0.374 e. The van der Waals surface area contributed by atoms with Gasteiger partial charge in [0.2, 0.25) is 0 Å². The average Bonchev–Trinajstić information content (AvgIpc) is 2.38. The normalized spacial score (nSPS) is 11.3. The molecule has 0 atom stereocenters. The number of pyridine rings is 1. The van der Waals surface area contributed by atoms with Crippen LogP contribution in [0.1, 0.15) is 19.5 Å². The summed E-state index contributed by atoms with van der Waals surface area (Å²) in [5.74, 6) is 0. The number of hydrogen-bond donors (Lipinski definition) is 1. The highest BCUT2D eigenvalue weighted by Gasteiger charge is 1.98. The van der Waals surface area contributed by atoms with Crippen LogP contribution in [0.3, 0.4) is 0 Å². The number of nitrogens with zero attached hydrogens (tertiary/aromatic N) is 1. The van der Waals surface area contributed by atoms with Crippen LogP contribution in [0.4, 0.5) is 0 Å². The number of benzene rings is 1. The van der Waals surface area contributed by atoms with Crippen LogP contribution in [0.25, 0.3) is 10.9 Å². The molecule has 2 rings (SSSR count). The molecule has 0 fully saturated rings. The summed E-state index contributed by atoms with van der Waals surface area (Å²) < 4.78 is 5.59. The van der Waals surface area contributed by atoms with Crippen molar-refractivity contribution in [2.75, 3.05) is 13.2 Å². The van der Waals surface area contributed by atoms with E-state index in [4.69, 9.17) is 4.74 Å². The van der Waals surface area contributed by atoms with Crippen LogP contribution in [0.2, 0.25) is 0 Å². The number of para-hydroxylation sites is 1. The van der Waals surface area contributed by atoms with Gasteiger partial charge in [-0.15, -0.1) is 0 Å². The van der Waals surface area contributed by atoms with E-state index >= 15 is 0 Å². The zero-order chi connectivity index (χ0) is 12.8. The van der Waals surface area contributed by atoms with Gasteiger partial charge in [-0.1, -0.05) is 38.1 Å². The lowest BCUT2D eigenvalue weighted by atomic mass is 10.2. The number of nitrogens with one attached hydrogen (secondary N) is 1. The Morgan fingerprint density at radius 3 is 2.83 bits per heavy atom. The highest BCUT2D eigenvalue weighted by Crippen LogP contribution is 2.12. The first kappa shape index (κ1) is 13.0. The Labute approximate surface area is 108 Å². The van der Waals surface area contributed by atoms with Crippen molar-refractivity contribution >= 4 is 10.9 Å². The van der Waals surface area contributed by atoms with Gasteiger partial charge in [-0.3, -0.25) is 4.98 Å². The standard InChI is InChI=1S/C15H20N2O/c1-12(2)16-9-10-18-11-14-8-7-13-5-3-4-6-15(13)17-14/h3-8,12,16H,9-11H2,1-2H3. The van der Waals surface area contributed by atoms with Crippen LogP contribution in [-0.4, -0.2) is 24.2 Å². The summed E-state index contributed by atoms with van der Waals surface area (Å²) in [5.41, 5.74) is 2.01. The summed E-state index contributed by atoms with van der Waals surface area (Å²) in [7, 11) is 0. The van der Waals surface area contributed by atoms with Crippen LogP contribution in [-0.2, 0) is 11.3 Å². The van der Waals surface area contributed by atoms with Gasteiger partial charge in [-0.05, 0) is 12.1 Å². The van der Waals surface area contributed by atoms with Crippen LogP contribution < -0.4 is 5.32 Å². The lowest BCUT2D eigenvalue weighted by molar-refractivity contribution is 0.119. The molecule has 18 heavy (non-hydrogen) atoms. The first-order chi connectivity index (χ1) is 8.75. The van der Waals surface area contributed by atoms with E-state index in [2.05, 4.69) is 36.3 Å². The van der Waals surface area contributed by atoms with Crippen molar-refractivity contribution < 1.29 is 4.74 Å². The maximum absolute atomic E-state index is 5.59. The monoisotopic (exact) mass is 244 g/mol. The molecule has 0 aliphatic heterocycles. The summed E-state index contributed by atoms with van der Waals surface area (Å²) in [6, 6.07) is 12.8. The minimum Gasteiger partial charge on any atom is -0.374 e. The van der Waals surface area contributed by atoms with Crippen LogP contribution >= 0.6 is 0 Å².